The number of anilines is 1. The van der Waals surface area contributed by atoms with Crippen molar-refractivity contribution in [3.63, 3.8) is 0 Å². The van der Waals surface area contributed by atoms with E-state index < -0.39 is 0 Å². The first kappa shape index (κ1) is 12.5. The van der Waals surface area contributed by atoms with Gasteiger partial charge in [-0.3, -0.25) is 4.79 Å². The monoisotopic (exact) mass is 195 g/mol. The molecule has 0 unspecified atom stereocenters. The Hall–Kier alpha value is -1.51. The molecule has 0 atom stereocenters. The van der Waals surface area contributed by atoms with Gasteiger partial charge in [-0.1, -0.05) is 26.0 Å². The SMILES string of the molecule is CC.COC(=O)Cc1ccc(N)cc1. The van der Waals surface area contributed by atoms with E-state index in [-0.39, 0.29) is 5.97 Å². The molecule has 0 saturated carbocycles. The molecule has 0 aliphatic carbocycles. The van der Waals surface area contributed by atoms with Crippen LogP contribution in [0.25, 0.3) is 0 Å². The fraction of sp³-hybridized carbons (Fsp3) is 0.364. The van der Waals surface area contributed by atoms with Crippen LogP contribution in [0.4, 0.5) is 5.69 Å². The molecule has 0 bridgehead atoms. The number of carbonyl (C=O) groups is 1. The predicted octanol–water partition coefficient (Wildman–Crippen LogP) is 2.01. The molecular formula is C11H17NO2. The summed E-state index contributed by atoms with van der Waals surface area (Å²) in [6.45, 7) is 4.00. The number of hydrogen-bond donors (Lipinski definition) is 1. The third-order valence-corrected chi connectivity index (χ3v) is 1.56. The lowest BCUT2D eigenvalue weighted by Gasteiger charge is -1.99. The Balaban J connectivity index is 0.000000791. The second-order valence-electron chi connectivity index (χ2n) is 2.49. The van der Waals surface area contributed by atoms with Gasteiger partial charge >= 0.3 is 5.97 Å². The zero-order valence-electron chi connectivity index (χ0n) is 8.91. The molecule has 2 N–H and O–H groups in total. The molecule has 1 rings (SSSR count). The maximum atomic E-state index is 10.8. The summed E-state index contributed by atoms with van der Waals surface area (Å²) in [5.74, 6) is -0.236. The summed E-state index contributed by atoms with van der Waals surface area (Å²) in [6, 6.07) is 7.15. The molecule has 14 heavy (non-hydrogen) atoms. The van der Waals surface area contributed by atoms with E-state index >= 15 is 0 Å². The molecule has 0 heterocycles. The summed E-state index contributed by atoms with van der Waals surface area (Å²) in [5, 5.41) is 0. The minimum absolute atomic E-state index is 0.236. The number of carbonyl (C=O) groups excluding carboxylic acids is 1. The van der Waals surface area contributed by atoms with Gasteiger partial charge in [-0.05, 0) is 17.7 Å². The van der Waals surface area contributed by atoms with Gasteiger partial charge in [0.2, 0.25) is 0 Å². The molecule has 0 radical (unpaired) electrons. The van der Waals surface area contributed by atoms with Gasteiger partial charge in [0.05, 0.1) is 13.5 Å². The van der Waals surface area contributed by atoms with Crippen LogP contribution in [0.3, 0.4) is 0 Å². The molecule has 78 valence electrons. The van der Waals surface area contributed by atoms with Crippen molar-refractivity contribution in [2.24, 2.45) is 0 Å². The summed E-state index contributed by atoms with van der Waals surface area (Å²) in [4.78, 5) is 10.8. The molecule has 0 saturated heterocycles. The number of rotatable bonds is 2. The number of ether oxygens (including phenoxy) is 1. The lowest BCUT2D eigenvalue weighted by Crippen LogP contribution is -2.04. The smallest absolute Gasteiger partial charge is 0.309 e. The molecule has 3 nitrogen and oxygen atoms in total. The van der Waals surface area contributed by atoms with E-state index in [0.717, 1.165) is 5.56 Å². The van der Waals surface area contributed by atoms with Crippen molar-refractivity contribution in [3.05, 3.63) is 29.8 Å². The second-order valence-corrected chi connectivity index (χ2v) is 2.49. The summed E-state index contributed by atoms with van der Waals surface area (Å²) in [5.41, 5.74) is 7.08. The van der Waals surface area contributed by atoms with Gasteiger partial charge in [0.15, 0.2) is 0 Å². The van der Waals surface area contributed by atoms with Crippen LogP contribution in [0.15, 0.2) is 24.3 Å². The first-order chi connectivity index (χ1) is 6.72. The molecule has 0 aliphatic rings. The van der Waals surface area contributed by atoms with Gasteiger partial charge in [-0.15, -0.1) is 0 Å². The highest BCUT2D eigenvalue weighted by atomic mass is 16.5. The Morgan fingerprint density at radius 2 is 1.79 bits per heavy atom. The van der Waals surface area contributed by atoms with E-state index in [1.165, 1.54) is 7.11 Å². The van der Waals surface area contributed by atoms with Crippen LogP contribution in [0.1, 0.15) is 19.4 Å². The van der Waals surface area contributed by atoms with E-state index in [1.807, 2.05) is 26.0 Å². The first-order valence-electron chi connectivity index (χ1n) is 4.63. The van der Waals surface area contributed by atoms with Crippen molar-refractivity contribution in [2.75, 3.05) is 12.8 Å². The van der Waals surface area contributed by atoms with Gasteiger partial charge in [-0.2, -0.15) is 0 Å². The van der Waals surface area contributed by atoms with Crippen LogP contribution >= 0.6 is 0 Å². The van der Waals surface area contributed by atoms with E-state index in [4.69, 9.17) is 5.73 Å². The Morgan fingerprint density at radius 3 is 2.21 bits per heavy atom. The quantitative estimate of drug-likeness (QED) is 0.580. The fourth-order valence-electron chi connectivity index (χ4n) is 0.874. The molecule has 0 amide bonds. The fourth-order valence-corrected chi connectivity index (χ4v) is 0.874. The molecule has 0 fully saturated rings. The van der Waals surface area contributed by atoms with E-state index in [2.05, 4.69) is 4.74 Å². The molecule has 3 heteroatoms. The van der Waals surface area contributed by atoms with Gasteiger partial charge in [0, 0.05) is 5.69 Å². The molecule has 1 aromatic carbocycles. The summed E-state index contributed by atoms with van der Waals surface area (Å²) < 4.78 is 4.51. The minimum Gasteiger partial charge on any atom is -0.469 e. The highest BCUT2D eigenvalue weighted by Crippen LogP contribution is 2.06. The van der Waals surface area contributed by atoms with Crippen molar-refractivity contribution in [2.45, 2.75) is 20.3 Å². The van der Waals surface area contributed by atoms with E-state index in [1.54, 1.807) is 12.1 Å². The number of nitrogen functional groups attached to an aromatic ring is 1. The van der Waals surface area contributed by atoms with Crippen LogP contribution in [-0.2, 0) is 16.0 Å². The first-order valence-corrected chi connectivity index (χ1v) is 4.63. The molecule has 0 spiro atoms. The summed E-state index contributed by atoms with van der Waals surface area (Å²) in [7, 11) is 1.37. The van der Waals surface area contributed by atoms with E-state index in [0.29, 0.717) is 12.1 Å². The maximum Gasteiger partial charge on any atom is 0.309 e. The normalized spacial score (nSPS) is 8.50. The number of benzene rings is 1. The van der Waals surface area contributed by atoms with Gasteiger partial charge in [0.1, 0.15) is 0 Å². The van der Waals surface area contributed by atoms with Crippen LogP contribution < -0.4 is 5.73 Å². The van der Waals surface area contributed by atoms with Crippen molar-refractivity contribution in [1.29, 1.82) is 0 Å². The zero-order valence-corrected chi connectivity index (χ0v) is 8.91. The third kappa shape index (κ3) is 4.50. The van der Waals surface area contributed by atoms with Crippen molar-refractivity contribution in [1.82, 2.24) is 0 Å². The van der Waals surface area contributed by atoms with Crippen molar-refractivity contribution < 1.29 is 9.53 Å². The molecular weight excluding hydrogens is 178 g/mol. The number of nitrogens with two attached hydrogens (primary N) is 1. The van der Waals surface area contributed by atoms with Crippen molar-refractivity contribution in [3.8, 4) is 0 Å². The average Bonchev–Trinajstić information content (AvgIpc) is 2.24. The Kier molecular flexibility index (Phi) is 6.20. The van der Waals surface area contributed by atoms with Gasteiger partial charge in [-0.25, -0.2) is 0 Å². The Morgan fingerprint density at radius 1 is 1.29 bits per heavy atom. The van der Waals surface area contributed by atoms with Crippen LogP contribution in [-0.4, -0.2) is 13.1 Å². The van der Waals surface area contributed by atoms with Crippen LogP contribution in [0, 0.1) is 0 Å². The minimum atomic E-state index is -0.236. The van der Waals surface area contributed by atoms with Crippen molar-refractivity contribution >= 4 is 11.7 Å². The third-order valence-electron chi connectivity index (χ3n) is 1.56. The van der Waals surface area contributed by atoms with Crippen LogP contribution in [0.2, 0.25) is 0 Å². The average molecular weight is 195 g/mol. The zero-order chi connectivity index (χ0) is 11.0. The topological polar surface area (TPSA) is 52.3 Å². The summed E-state index contributed by atoms with van der Waals surface area (Å²) in [6.07, 6.45) is 0.302. The lowest BCUT2D eigenvalue weighted by atomic mass is 10.1. The van der Waals surface area contributed by atoms with E-state index in [9.17, 15) is 4.79 Å². The van der Waals surface area contributed by atoms with Gasteiger partial charge < -0.3 is 10.5 Å². The highest BCUT2D eigenvalue weighted by Gasteiger charge is 2.00. The second kappa shape index (κ2) is 6.95. The lowest BCUT2D eigenvalue weighted by molar-refractivity contribution is -0.139. The van der Waals surface area contributed by atoms with Crippen LogP contribution in [0.5, 0.6) is 0 Å². The number of esters is 1. The largest absolute Gasteiger partial charge is 0.469 e. The standard InChI is InChI=1S/C9H11NO2.C2H6/c1-12-9(11)6-7-2-4-8(10)5-3-7;1-2/h2-5H,6,10H2,1H3;1-2H3. The highest BCUT2D eigenvalue weighted by molar-refractivity contribution is 5.72. The number of methoxy groups -OCH3 is 1. The molecule has 0 aromatic heterocycles. The predicted molar refractivity (Wildman–Crippen MR) is 57.9 cm³/mol. The maximum absolute atomic E-state index is 10.8. The Labute approximate surface area is 84.9 Å². The molecule has 1 aromatic rings. The number of hydrogen-bond acceptors (Lipinski definition) is 3. The molecule has 0 aliphatic heterocycles. The Bertz CT molecular complexity index is 267. The van der Waals surface area contributed by atoms with Gasteiger partial charge in [0.25, 0.3) is 0 Å². The summed E-state index contributed by atoms with van der Waals surface area (Å²) >= 11 is 0.